The van der Waals surface area contributed by atoms with Gasteiger partial charge in [0.15, 0.2) is 0 Å². The Bertz CT molecular complexity index is 687. The second kappa shape index (κ2) is 4.75. The second-order valence-electron chi connectivity index (χ2n) is 4.30. The molecule has 3 rings (SSSR count). The number of carbonyl (C=O) groups is 3. The van der Waals surface area contributed by atoms with E-state index in [9.17, 15) is 14.4 Å². The van der Waals surface area contributed by atoms with Gasteiger partial charge in [-0.2, -0.15) is 0 Å². The average Bonchev–Trinajstić information content (AvgIpc) is 2.40. The van der Waals surface area contributed by atoms with Crippen molar-refractivity contribution in [1.29, 1.82) is 0 Å². The smallest absolute Gasteiger partial charge is 0.323 e. The van der Waals surface area contributed by atoms with Crippen molar-refractivity contribution in [3.05, 3.63) is 47.5 Å². The third-order valence-electron chi connectivity index (χ3n) is 3.15. The Kier molecular flexibility index (Phi) is 3.25. The lowest BCUT2D eigenvalue weighted by molar-refractivity contribution is -0.137. The maximum atomic E-state index is 12.2. The van der Waals surface area contributed by atoms with Crippen molar-refractivity contribution in [3.63, 3.8) is 0 Å². The van der Waals surface area contributed by atoms with Crippen LogP contribution in [0.2, 0.25) is 0 Å². The third kappa shape index (κ3) is 1.83. The second-order valence-corrected chi connectivity index (χ2v) is 4.30. The molecule has 0 saturated carbocycles. The van der Waals surface area contributed by atoms with Gasteiger partial charge < -0.3 is 10.6 Å². The van der Waals surface area contributed by atoms with E-state index in [1.807, 2.05) is 12.1 Å². The highest BCUT2D eigenvalue weighted by atomic mass is 16.4. The first-order chi connectivity index (χ1) is 9.09. The molecule has 102 valence electrons. The highest BCUT2D eigenvalue weighted by molar-refractivity contribution is 6.25. The topological polar surface area (TPSA) is 106 Å². The normalized spacial score (nSPS) is 13.3. The number of benzene rings is 2. The molecular formula is C14H11NO5. The molecule has 0 spiro atoms. The molecule has 0 aliphatic carbocycles. The predicted molar refractivity (Wildman–Crippen MR) is 70.6 cm³/mol. The molecule has 0 radical (unpaired) electrons. The van der Waals surface area contributed by atoms with E-state index < -0.39 is 24.3 Å². The van der Waals surface area contributed by atoms with Crippen molar-refractivity contribution in [2.45, 2.75) is 0 Å². The molecule has 0 aromatic heterocycles. The summed E-state index contributed by atoms with van der Waals surface area (Å²) in [5.41, 5.74) is 0.739. The Morgan fingerprint density at radius 1 is 1.00 bits per heavy atom. The van der Waals surface area contributed by atoms with E-state index in [1.165, 1.54) is 0 Å². The highest BCUT2D eigenvalue weighted by Crippen LogP contribution is 2.29. The Balaban J connectivity index is 0.00000147. The Morgan fingerprint density at radius 3 is 1.95 bits per heavy atom. The van der Waals surface area contributed by atoms with Crippen LogP contribution in [0.1, 0.15) is 20.7 Å². The van der Waals surface area contributed by atoms with Crippen molar-refractivity contribution in [2.24, 2.45) is 0 Å². The molecular weight excluding hydrogens is 262 g/mol. The molecule has 20 heavy (non-hydrogen) atoms. The first-order valence-electron chi connectivity index (χ1n) is 5.69. The molecule has 1 heterocycles. The molecule has 2 aromatic carbocycles. The van der Waals surface area contributed by atoms with Gasteiger partial charge in [-0.1, -0.05) is 24.3 Å². The Morgan fingerprint density at radius 2 is 1.50 bits per heavy atom. The van der Waals surface area contributed by atoms with Crippen LogP contribution >= 0.6 is 0 Å². The Hall–Kier alpha value is -2.73. The lowest BCUT2D eigenvalue weighted by Gasteiger charge is -2.25. The maximum absolute atomic E-state index is 12.2. The molecule has 0 saturated heterocycles. The monoisotopic (exact) mass is 273 g/mol. The van der Waals surface area contributed by atoms with Crippen LogP contribution in [0, 0.1) is 0 Å². The van der Waals surface area contributed by atoms with Crippen molar-refractivity contribution >= 4 is 28.6 Å². The summed E-state index contributed by atoms with van der Waals surface area (Å²) >= 11 is 0. The van der Waals surface area contributed by atoms with Crippen molar-refractivity contribution < 1.29 is 25.0 Å². The largest absolute Gasteiger partial charge is 0.480 e. The Labute approximate surface area is 113 Å². The van der Waals surface area contributed by atoms with E-state index in [-0.39, 0.29) is 5.48 Å². The number of rotatable bonds is 2. The molecule has 2 aromatic rings. The minimum absolute atomic E-state index is 0. The van der Waals surface area contributed by atoms with Gasteiger partial charge in [-0.15, -0.1) is 0 Å². The standard InChI is InChI=1S/C14H9NO4.H2O/c16-11(17)7-15-13(18)9-5-1-3-8-4-2-6-10(12(8)9)14(15)19;/h1-6H,7H2,(H,16,17);1H2. The molecule has 0 bridgehead atoms. The summed E-state index contributed by atoms with van der Waals surface area (Å²) in [6.45, 7) is -0.623. The van der Waals surface area contributed by atoms with Crippen LogP contribution in [0.4, 0.5) is 0 Å². The number of carbonyl (C=O) groups excluding carboxylic acids is 2. The van der Waals surface area contributed by atoms with Crippen LogP contribution in [-0.2, 0) is 4.79 Å². The quantitative estimate of drug-likeness (QED) is 0.812. The van der Waals surface area contributed by atoms with Gasteiger partial charge in [-0.05, 0) is 17.5 Å². The van der Waals surface area contributed by atoms with E-state index >= 15 is 0 Å². The fraction of sp³-hybridized carbons (Fsp3) is 0.0714. The number of hydrogen-bond acceptors (Lipinski definition) is 3. The average molecular weight is 273 g/mol. The van der Waals surface area contributed by atoms with Gasteiger partial charge in [0, 0.05) is 16.5 Å². The van der Waals surface area contributed by atoms with Gasteiger partial charge in [-0.25, -0.2) is 0 Å². The summed E-state index contributed by atoms with van der Waals surface area (Å²) in [5.74, 6) is -2.33. The van der Waals surface area contributed by atoms with E-state index in [2.05, 4.69) is 0 Å². The number of amides is 2. The summed E-state index contributed by atoms with van der Waals surface area (Å²) in [6.07, 6.45) is 0. The maximum Gasteiger partial charge on any atom is 0.323 e. The molecule has 1 aliphatic heterocycles. The van der Waals surface area contributed by atoms with Crippen LogP contribution in [-0.4, -0.2) is 39.8 Å². The molecule has 0 fully saturated rings. The predicted octanol–water partition coefficient (Wildman–Crippen LogP) is 0.696. The van der Waals surface area contributed by atoms with Crippen LogP contribution in [0.3, 0.4) is 0 Å². The fourth-order valence-corrected chi connectivity index (χ4v) is 2.36. The number of carboxylic acid groups (broad SMARTS) is 1. The van der Waals surface area contributed by atoms with E-state index in [0.29, 0.717) is 16.5 Å². The van der Waals surface area contributed by atoms with Gasteiger partial charge in [0.25, 0.3) is 11.8 Å². The molecule has 2 amide bonds. The summed E-state index contributed by atoms with van der Waals surface area (Å²) in [6, 6.07) is 10.3. The number of carboxylic acids is 1. The summed E-state index contributed by atoms with van der Waals surface area (Å²) in [5, 5.41) is 10.2. The lowest BCUT2D eigenvalue weighted by atomic mass is 9.94. The zero-order chi connectivity index (χ0) is 13.6. The SMILES string of the molecule is O.O=C(O)CN1C(=O)c2cccc3cccc(c23)C1=O. The highest BCUT2D eigenvalue weighted by Gasteiger charge is 2.33. The third-order valence-corrected chi connectivity index (χ3v) is 3.15. The minimum Gasteiger partial charge on any atom is -0.480 e. The van der Waals surface area contributed by atoms with Gasteiger partial charge in [0.05, 0.1) is 0 Å². The van der Waals surface area contributed by atoms with Gasteiger partial charge in [0.1, 0.15) is 6.54 Å². The number of aliphatic carboxylic acids is 1. The summed E-state index contributed by atoms with van der Waals surface area (Å²) < 4.78 is 0. The first-order valence-corrected chi connectivity index (χ1v) is 5.69. The van der Waals surface area contributed by atoms with Crippen molar-refractivity contribution in [1.82, 2.24) is 4.90 Å². The van der Waals surface area contributed by atoms with E-state index in [4.69, 9.17) is 5.11 Å². The lowest BCUT2D eigenvalue weighted by Crippen LogP contribution is -2.43. The molecule has 0 unspecified atom stereocenters. The van der Waals surface area contributed by atoms with Crippen molar-refractivity contribution in [3.8, 4) is 0 Å². The van der Waals surface area contributed by atoms with Crippen LogP contribution in [0.25, 0.3) is 10.8 Å². The van der Waals surface area contributed by atoms with Gasteiger partial charge >= 0.3 is 5.97 Å². The molecule has 1 aliphatic rings. The molecule has 6 heteroatoms. The van der Waals surface area contributed by atoms with Crippen LogP contribution in [0.5, 0.6) is 0 Å². The van der Waals surface area contributed by atoms with E-state index in [1.54, 1.807) is 24.3 Å². The zero-order valence-electron chi connectivity index (χ0n) is 10.3. The zero-order valence-corrected chi connectivity index (χ0v) is 10.3. The first kappa shape index (κ1) is 13.7. The molecule has 6 nitrogen and oxygen atoms in total. The van der Waals surface area contributed by atoms with Gasteiger partial charge in [-0.3, -0.25) is 19.3 Å². The van der Waals surface area contributed by atoms with Gasteiger partial charge in [0.2, 0.25) is 0 Å². The summed E-state index contributed by atoms with van der Waals surface area (Å²) in [7, 11) is 0. The summed E-state index contributed by atoms with van der Waals surface area (Å²) in [4.78, 5) is 35.9. The number of hydrogen-bond donors (Lipinski definition) is 1. The molecule has 0 atom stereocenters. The number of imide groups is 1. The number of nitrogens with zero attached hydrogens (tertiary/aromatic N) is 1. The van der Waals surface area contributed by atoms with Crippen LogP contribution < -0.4 is 0 Å². The van der Waals surface area contributed by atoms with Crippen LogP contribution in [0.15, 0.2) is 36.4 Å². The van der Waals surface area contributed by atoms with Crippen molar-refractivity contribution in [2.75, 3.05) is 6.54 Å². The minimum atomic E-state index is -1.21. The van der Waals surface area contributed by atoms with E-state index in [0.717, 1.165) is 10.3 Å². The fourth-order valence-electron chi connectivity index (χ4n) is 2.36. The molecule has 3 N–H and O–H groups in total.